The number of thiophene rings is 1. The highest BCUT2D eigenvalue weighted by atomic mass is 32.1. The maximum atomic E-state index is 12.7. The zero-order valence-electron chi connectivity index (χ0n) is 17.3. The number of nitrogens with zero attached hydrogens (tertiary/aromatic N) is 2. The number of amides is 1. The molecule has 0 bridgehead atoms. The Bertz CT molecular complexity index is 1230. The van der Waals surface area contributed by atoms with E-state index < -0.39 is 29.7 Å². The van der Waals surface area contributed by atoms with Crippen LogP contribution >= 0.6 is 11.3 Å². The molecule has 10 heteroatoms. The molecule has 1 aromatic carbocycles. The number of carbonyl (C=O) groups is 2. The minimum atomic E-state index is -0.795. The predicted molar refractivity (Wildman–Crippen MR) is 124 cm³/mol. The molecule has 0 atom stereocenters. The maximum absolute atomic E-state index is 12.7. The summed E-state index contributed by atoms with van der Waals surface area (Å²) < 4.78 is 6.18. The van der Waals surface area contributed by atoms with Gasteiger partial charge in [0.25, 0.3) is 11.5 Å². The minimum absolute atomic E-state index is 0.0816. The first-order valence-electron chi connectivity index (χ1n) is 9.76. The van der Waals surface area contributed by atoms with Crippen molar-refractivity contribution in [1.82, 2.24) is 9.55 Å². The molecule has 3 N–H and O–H groups in total. The van der Waals surface area contributed by atoms with Crippen LogP contribution in [0.25, 0.3) is 6.08 Å². The van der Waals surface area contributed by atoms with Gasteiger partial charge in [-0.15, -0.1) is 11.3 Å². The van der Waals surface area contributed by atoms with Crippen molar-refractivity contribution < 1.29 is 14.3 Å². The third-order valence-corrected chi connectivity index (χ3v) is 5.39. The molecular weight excluding hydrogens is 432 g/mol. The smallest absolute Gasteiger partial charge is 0.331 e. The van der Waals surface area contributed by atoms with Crippen LogP contribution in [-0.2, 0) is 20.9 Å². The Morgan fingerprint density at radius 3 is 2.59 bits per heavy atom. The standard InChI is InChI=1S/C22H22N4O5S/c1-2-25(17(27)14-31-18(28)11-10-16-9-6-12-32-16)19-20(23)26(22(30)24-21(19)29)13-15-7-4-3-5-8-15/h3-12H,2,13-14,23H2,1H3,(H,24,29,30). The molecular formula is C22H22N4O5S. The summed E-state index contributed by atoms with van der Waals surface area (Å²) in [6, 6.07) is 12.8. The highest BCUT2D eigenvalue weighted by Crippen LogP contribution is 2.18. The van der Waals surface area contributed by atoms with E-state index >= 15 is 0 Å². The highest BCUT2D eigenvalue weighted by Gasteiger charge is 2.23. The van der Waals surface area contributed by atoms with E-state index in [2.05, 4.69) is 4.98 Å². The van der Waals surface area contributed by atoms with Gasteiger partial charge in [-0.05, 0) is 30.0 Å². The van der Waals surface area contributed by atoms with E-state index in [-0.39, 0.29) is 24.6 Å². The second-order valence-corrected chi connectivity index (χ2v) is 7.64. The number of H-pyrrole nitrogens is 1. The monoisotopic (exact) mass is 454 g/mol. The van der Waals surface area contributed by atoms with Gasteiger partial charge in [-0.25, -0.2) is 9.59 Å². The number of nitrogens with two attached hydrogens (primary N) is 1. The summed E-state index contributed by atoms with van der Waals surface area (Å²) >= 11 is 1.45. The Balaban J connectivity index is 1.79. The van der Waals surface area contributed by atoms with Crippen molar-refractivity contribution in [3.05, 3.63) is 85.2 Å². The number of hydrogen-bond donors (Lipinski definition) is 2. The van der Waals surface area contributed by atoms with E-state index in [4.69, 9.17) is 10.5 Å². The summed E-state index contributed by atoms with van der Waals surface area (Å²) in [6.07, 6.45) is 2.80. The summed E-state index contributed by atoms with van der Waals surface area (Å²) in [5.41, 5.74) is 5.28. The van der Waals surface area contributed by atoms with Gasteiger partial charge in [-0.3, -0.25) is 19.1 Å². The van der Waals surface area contributed by atoms with Crippen molar-refractivity contribution in [2.45, 2.75) is 13.5 Å². The van der Waals surface area contributed by atoms with Gasteiger partial charge in [-0.2, -0.15) is 0 Å². The average molecular weight is 455 g/mol. The number of anilines is 2. The molecule has 0 saturated heterocycles. The summed E-state index contributed by atoms with van der Waals surface area (Å²) in [7, 11) is 0. The first kappa shape index (κ1) is 22.8. The lowest BCUT2D eigenvalue weighted by Crippen LogP contribution is -2.42. The quantitative estimate of drug-likeness (QED) is 0.395. The minimum Gasteiger partial charge on any atom is -0.452 e. The Labute approximate surface area is 187 Å². The molecule has 0 aliphatic rings. The molecule has 0 fully saturated rings. The van der Waals surface area contributed by atoms with Gasteiger partial charge in [-0.1, -0.05) is 36.4 Å². The zero-order valence-corrected chi connectivity index (χ0v) is 18.1. The number of nitrogen functional groups attached to an aromatic ring is 1. The van der Waals surface area contributed by atoms with Crippen LogP contribution in [0.2, 0.25) is 0 Å². The van der Waals surface area contributed by atoms with E-state index in [1.807, 2.05) is 47.8 Å². The first-order chi connectivity index (χ1) is 15.4. The lowest BCUT2D eigenvalue weighted by Gasteiger charge is -2.23. The summed E-state index contributed by atoms with van der Waals surface area (Å²) in [6.45, 7) is 1.25. The van der Waals surface area contributed by atoms with E-state index in [9.17, 15) is 19.2 Å². The van der Waals surface area contributed by atoms with Gasteiger partial charge in [0.2, 0.25) is 0 Å². The number of aromatic nitrogens is 2. The highest BCUT2D eigenvalue weighted by molar-refractivity contribution is 7.10. The Morgan fingerprint density at radius 1 is 1.19 bits per heavy atom. The molecule has 0 aliphatic heterocycles. The van der Waals surface area contributed by atoms with Crippen molar-refractivity contribution in [3.63, 3.8) is 0 Å². The topological polar surface area (TPSA) is 127 Å². The summed E-state index contributed by atoms with van der Waals surface area (Å²) in [5.74, 6) is -1.49. The fourth-order valence-corrected chi connectivity index (χ4v) is 3.63. The summed E-state index contributed by atoms with van der Waals surface area (Å²) in [5, 5.41) is 1.87. The van der Waals surface area contributed by atoms with Crippen LogP contribution in [0, 0.1) is 0 Å². The maximum Gasteiger partial charge on any atom is 0.331 e. The Hall–Kier alpha value is -3.92. The largest absolute Gasteiger partial charge is 0.452 e. The second-order valence-electron chi connectivity index (χ2n) is 6.66. The number of nitrogens with one attached hydrogen (secondary N) is 1. The first-order valence-corrected chi connectivity index (χ1v) is 10.6. The van der Waals surface area contributed by atoms with E-state index in [0.717, 1.165) is 15.3 Å². The molecule has 0 saturated carbocycles. The van der Waals surface area contributed by atoms with Gasteiger partial charge in [0.15, 0.2) is 12.3 Å². The molecule has 3 aromatic rings. The van der Waals surface area contributed by atoms with Crippen molar-refractivity contribution in [1.29, 1.82) is 0 Å². The number of esters is 1. The van der Waals surface area contributed by atoms with Gasteiger partial charge in [0.1, 0.15) is 5.82 Å². The number of ether oxygens (including phenoxy) is 1. The molecule has 0 aliphatic carbocycles. The third kappa shape index (κ3) is 5.41. The van der Waals surface area contributed by atoms with Crippen molar-refractivity contribution in [2.75, 3.05) is 23.8 Å². The van der Waals surface area contributed by atoms with Crippen LogP contribution in [0.5, 0.6) is 0 Å². The number of aromatic amines is 1. The number of carbonyl (C=O) groups excluding carboxylic acids is 2. The van der Waals surface area contributed by atoms with E-state index in [0.29, 0.717) is 0 Å². The molecule has 2 aromatic heterocycles. The fraction of sp³-hybridized carbons (Fsp3) is 0.182. The van der Waals surface area contributed by atoms with Crippen LogP contribution in [0.15, 0.2) is 63.5 Å². The SMILES string of the molecule is CCN(C(=O)COC(=O)C=Cc1cccs1)c1c(N)n(Cc2ccccc2)c(=O)[nH]c1=O. The predicted octanol–water partition coefficient (Wildman–Crippen LogP) is 1.84. The zero-order chi connectivity index (χ0) is 23.1. The number of rotatable bonds is 8. The van der Waals surface area contributed by atoms with Crippen molar-refractivity contribution in [3.8, 4) is 0 Å². The molecule has 0 unspecified atom stereocenters. The molecule has 2 heterocycles. The van der Waals surface area contributed by atoms with Crippen LogP contribution in [-0.4, -0.2) is 34.6 Å². The van der Waals surface area contributed by atoms with Crippen LogP contribution in [0.1, 0.15) is 17.4 Å². The van der Waals surface area contributed by atoms with E-state index in [1.165, 1.54) is 22.0 Å². The average Bonchev–Trinajstić information content (AvgIpc) is 3.31. The molecule has 32 heavy (non-hydrogen) atoms. The van der Waals surface area contributed by atoms with E-state index in [1.54, 1.807) is 13.0 Å². The number of likely N-dealkylation sites (N-methyl/N-ethyl adjacent to an activating group) is 1. The van der Waals surface area contributed by atoms with Crippen LogP contribution < -0.4 is 21.9 Å². The van der Waals surface area contributed by atoms with Gasteiger partial charge in [0.05, 0.1) is 6.54 Å². The molecule has 166 valence electrons. The van der Waals surface area contributed by atoms with Crippen molar-refractivity contribution >= 4 is 40.8 Å². The molecule has 9 nitrogen and oxygen atoms in total. The normalized spacial score (nSPS) is 10.9. The van der Waals surface area contributed by atoms with Gasteiger partial charge < -0.3 is 15.4 Å². The molecule has 0 radical (unpaired) electrons. The number of benzene rings is 1. The lowest BCUT2D eigenvalue weighted by atomic mass is 10.2. The van der Waals surface area contributed by atoms with Crippen LogP contribution in [0.3, 0.4) is 0 Å². The van der Waals surface area contributed by atoms with Gasteiger partial charge >= 0.3 is 11.7 Å². The summed E-state index contributed by atoms with van der Waals surface area (Å²) in [4.78, 5) is 53.6. The van der Waals surface area contributed by atoms with Crippen molar-refractivity contribution in [2.24, 2.45) is 0 Å². The van der Waals surface area contributed by atoms with Crippen LogP contribution in [0.4, 0.5) is 11.5 Å². The Morgan fingerprint density at radius 2 is 1.94 bits per heavy atom. The fourth-order valence-electron chi connectivity index (χ4n) is 3.02. The number of hydrogen-bond acceptors (Lipinski definition) is 7. The molecule has 1 amide bonds. The second kappa shape index (κ2) is 10.4. The third-order valence-electron chi connectivity index (χ3n) is 4.55. The Kier molecular flexibility index (Phi) is 7.40. The molecule has 3 rings (SSSR count). The molecule has 0 spiro atoms. The van der Waals surface area contributed by atoms with Gasteiger partial charge in [0, 0.05) is 17.5 Å². The lowest BCUT2D eigenvalue weighted by molar-refractivity contribution is -0.142.